The van der Waals surface area contributed by atoms with Crippen molar-refractivity contribution in [2.45, 2.75) is 80.1 Å². The molecule has 5 rings (SSSR count). The fourth-order valence-electron chi connectivity index (χ4n) is 7.25. The Morgan fingerprint density at radius 3 is 2.54 bits per heavy atom. The van der Waals surface area contributed by atoms with Crippen LogP contribution in [0.3, 0.4) is 0 Å². The molecular formula is C25H44ClN7O3S. The van der Waals surface area contributed by atoms with Crippen molar-refractivity contribution in [2.75, 3.05) is 40.3 Å². The van der Waals surface area contributed by atoms with Crippen LogP contribution >= 0.6 is 23.4 Å². The maximum atomic E-state index is 13.6. The number of halogens is 1. The molecule has 0 aliphatic carbocycles. The lowest BCUT2D eigenvalue weighted by atomic mass is 9.70. The number of ether oxygens (including phenoxy) is 1. The maximum Gasteiger partial charge on any atom is 0.229 e. The van der Waals surface area contributed by atoms with Crippen molar-refractivity contribution in [3.05, 3.63) is 0 Å². The summed E-state index contributed by atoms with van der Waals surface area (Å²) in [6.45, 7) is 9.16. The number of nitrogens with one attached hydrogen (secondary N) is 5. The van der Waals surface area contributed by atoms with Gasteiger partial charge in [0.05, 0.1) is 23.4 Å². The molecule has 2 amide bonds. The highest BCUT2D eigenvalue weighted by Gasteiger charge is 2.49. The van der Waals surface area contributed by atoms with Gasteiger partial charge in [-0.2, -0.15) is 0 Å². The summed E-state index contributed by atoms with van der Waals surface area (Å²) >= 11 is 8.22. The molecule has 12 heteroatoms. The van der Waals surface area contributed by atoms with Gasteiger partial charge in [0.2, 0.25) is 11.8 Å². The number of thioether (sulfide) groups is 1. The Balaban J connectivity index is 1.17. The molecule has 210 valence electrons. The lowest BCUT2D eigenvalue weighted by Gasteiger charge is -2.45. The fourth-order valence-corrected chi connectivity index (χ4v) is 8.96. The highest BCUT2D eigenvalue weighted by Crippen LogP contribution is 2.39. The monoisotopic (exact) mass is 557 g/mol. The zero-order valence-corrected chi connectivity index (χ0v) is 24.1. The molecule has 5 aliphatic rings. The molecule has 0 saturated carbocycles. The Morgan fingerprint density at radius 2 is 1.86 bits per heavy atom. The van der Waals surface area contributed by atoms with Gasteiger partial charge in [-0.1, -0.05) is 0 Å². The van der Waals surface area contributed by atoms with E-state index in [-0.39, 0.29) is 76.0 Å². The van der Waals surface area contributed by atoms with E-state index in [2.05, 4.69) is 47.5 Å². The Labute approximate surface area is 230 Å². The molecule has 0 spiro atoms. The van der Waals surface area contributed by atoms with Gasteiger partial charge in [0.15, 0.2) is 0 Å². The Bertz CT molecular complexity index is 843. The molecule has 0 bridgehead atoms. The smallest absolute Gasteiger partial charge is 0.229 e. The minimum absolute atomic E-state index is 0.0408. The van der Waals surface area contributed by atoms with E-state index >= 15 is 0 Å². The second kappa shape index (κ2) is 11.4. The van der Waals surface area contributed by atoms with Crippen LogP contribution in [0.15, 0.2) is 0 Å². The van der Waals surface area contributed by atoms with E-state index in [1.165, 1.54) is 0 Å². The molecule has 5 heterocycles. The molecular weight excluding hydrogens is 514 g/mol. The molecule has 0 aromatic heterocycles. The zero-order chi connectivity index (χ0) is 26.4. The van der Waals surface area contributed by atoms with E-state index < -0.39 is 0 Å². The first kappa shape index (κ1) is 27.9. The van der Waals surface area contributed by atoms with Gasteiger partial charge in [0, 0.05) is 69.8 Å². The normalized spacial score (nSPS) is 46.7. The average Bonchev–Trinajstić information content (AvgIpc) is 3.49. The molecule has 5 aliphatic heterocycles. The third-order valence-corrected chi connectivity index (χ3v) is 11.1. The van der Waals surface area contributed by atoms with Gasteiger partial charge >= 0.3 is 0 Å². The molecule has 5 saturated heterocycles. The average molecular weight is 558 g/mol. The van der Waals surface area contributed by atoms with Crippen LogP contribution in [0.5, 0.6) is 0 Å². The van der Waals surface area contributed by atoms with Gasteiger partial charge in [-0.3, -0.25) is 25.6 Å². The predicted octanol–water partition coefficient (Wildman–Crippen LogP) is -0.0512. The molecule has 10 nitrogen and oxygen atoms in total. The molecule has 12 atom stereocenters. The first-order valence-corrected chi connectivity index (χ1v) is 15.2. The number of hydrogen-bond donors (Lipinski definition) is 5. The van der Waals surface area contributed by atoms with Gasteiger partial charge in [-0.15, -0.1) is 23.4 Å². The number of nitrogens with zero attached hydrogens (tertiary/aromatic N) is 2. The lowest BCUT2D eigenvalue weighted by Crippen LogP contribution is -2.57. The fraction of sp³-hybridized carbons (Fsp3) is 0.920. The topological polar surface area (TPSA) is 110 Å². The van der Waals surface area contributed by atoms with Crippen molar-refractivity contribution in [3.63, 3.8) is 0 Å². The van der Waals surface area contributed by atoms with Gasteiger partial charge in [0.1, 0.15) is 5.50 Å². The van der Waals surface area contributed by atoms with Gasteiger partial charge in [-0.25, -0.2) is 5.01 Å². The standard InChI is InChI=1S/C25H44ClN7O3S/c1-12-6-15(16-7-21(26)28-9-19(16)36-5)17(8-27-12)23(34)30-25-29-18-10-33(11-20(18)37-25)24(35)22-13(2)31-32(4)14(22)3/h12-22,25,27-29,31H,6-11H2,1-5H3,(H,30,34). The largest absolute Gasteiger partial charge is 0.380 e. The van der Waals surface area contributed by atoms with E-state index in [0.29, 0.717) is 25.7 Å². The van der Waals surface area contributed by atoms with Gasteiger partial charge < -0.3 is 20.3 Å². The summed E-state index contributed by atoms with van der Waals surface area (Å²) < 4.78 is 5.81. The summed E-state index contributed by atoms with van der Waals surface area (Å²) in [5.74, 6) is 0.602. The van der Waals surface area contributed by atoms with E-state index in [0.717, 1.165) is 19.4 Å². The van der Waals surface area contributed by atoms with Crippen molar-refractivity contribution in [1.29, 1.82) is 0 Å². The summed E-state index contributed by atoms with van der Waals surface area (Å²) in [5.41, 5.74) is 3.14. The highest BCUT2D eigenvalue weighted by molar-refractivity contribution is 8.00. The van der Waals surface area contributed by atoms with E-state index in [4.69, 9.17) is 16.3 Å². The van der Waals surface area contributed by atoms with E-state index in [1.54, 1.807) is 18.9 Å². The number of likely N-dealkylation sites (tertiary alicyclic amines) is 1. The Morgan fingerprint density at radius 1 is 1.08 bits per heavy atom. The number of hydrazine groups is 1. The van der Waals surface area contributed by atoms with Crippen LogP contribution in [-0.2, 0) is 14.3 Å². The molecule has 0 aromatic rings. The maximum absolute atomic E-state index is 13.6. The Hall–Kier alpha value is -0.660. The second-order valence-corrected chi connectivity index (χ2v) is 13.6. The number of amides is 2. The zero-order valence-electron chi connectivity index (χ0n) is 22.6. The third-order valence-electron chi connectivity index (χ3n) is 9.40. The van der Waals surface area contributed by atoms with Crippen LogP contribution in [0, 0.1) is 23.7 Å². The minimum Gasteiger partial charge on any atom is -0.380 e. The van der Waals surface area contributed by atoms with Crippen molar-refractivity contribution >= 4 is 35.2 Å². The number of carbonyl (C=O) groups is 2. The third kappa shape index (κ3) is 5.66. The van der Waals surface area contributed by atoms with Crippen molar-refractivity contribution < 1.29 is 14.3 Å². The summed E-state index contributed by atoms with van der Waals surface area (Å²) in [7, 11) is 3.75. The Kier molecular flexibility index (Phi) is 8.63. The summed E-state index contributed by atoms with van der Waals surface area (Å²) in [5, 5.41) is 16.0. The predicted molar refractivity (Wildman–Crippen MR) is 146 cm³/mol. The van der Waals surface area contributed by atoms with Gasteiger partial charge in [-0.05, 0) is 45.4 Å². The SMILES string of the molecule is COC1CNC(Cl)CC1C1CC(C)NCC1C(=O)NC1NC2CN(C(=O)C3C(C)NN(C)C3C)CC2S1. The van der Waals surface area contributed by atoms with Crippen LogP contribution in [0.4, 0.5) is 0 Å². The van der Waals surface area contributed by atoms with Crippen molar-refractivity contribution in [1.82, 2.24) is 36.6 Å². The summed E-state index contributed by atoms with van der Waals surface area (Å²) in [4.78, 5) is 28.9. The summed E-state index contributed by atoms with van der Waals surface area (Å²) in [6, 6.07) is 0.850. The number of rotatable bonds is 5. The number of fused-ring (bicyclic) bond motifs is 1. The highest BCUT2D eigenvalue weighted by atomic mass is 35.5. The second-order valence-electron chi connectivity index (χ2n) is 11.7. The van der Waals surface area contributed by atoms with Crippen LogP contribution in [0.25, 0.3) is 0 Å². The van der Waals surface area contributed by atoms with Crippen molar-refractivity contribution in [3.8, 4) is 0 Å². The van der Waals surface area contributed by atoms with Crippen LogP contribution in [-0.4, -0.2) is 109 Å². The van der Waals surface area contributed by atoms with E-state index in [9.17, 15) is 9.59 Å². The van der Waals surface area contributed by atoms with Crippen LogP contribution in [0.2, 0.25) is 0 Å². The molecule has 5 N–H and O–H groups in total. The lowest BCUT2D eigenvalue weighted by molar-refractivity contribution is -0.135. The number of carbonyl (C=O) groups excluding carboxylic acids is 2. The molecule has 0 radical (unpaired) electrons. The van der Waals surface area contributed by atoms with Gasteiger partial charge in [0.25, 0.3) is 0 Å². The van der Waals surface area contributed by atoms with Crippen molar-refractivity contribution in [2.24, 2.45) is 23.7 Å². The number of hydrogen-bond acceptors (Lipinski definition) is 9. The molecule has 5 fully saturated rings. The minimum atomic E-state index is -0.135. The quantitative estimate of drug-likeness (QED) is 0.235. The van der Waals surface area contributed by atoms with Crippen LogP contribution in [0.1, 0.15) is 33.6 Å². The van der Waals surface area contributed by atoms with Crippen LogP contribution < -0.4 is 26.7 Å². The molecule has 0 aromatic carbocycles. The first-order chi connectivity index (χ1) is 17.7. The number of methoxy groups -OCH3 is 1. The first-order valence-electron chi connectivity index (χ1n) is 13.8. The molecule has 37 heavy (non-hydrogen) atoms. The number of alkyl halides is 1. The van der Waals surface area contributed by atoms with E-state index in [1.807, 2.05) is 17.0 Å². The molecule has 12 unspecified atom stereocenters. The number of piperidine rings is 2. The summed E-state index contributed by atoms with van der Waals surface area (Å²) in [6.07, 6.45) is 1.79.